The van der Waals surface area contributed by atoms with Crippen LogP contribution in [0.3, 0.4) is 0 Å². The zero-order valence-electron chi connectivity index (χ0n) is 8.16. The van der Waals surface area contributed by atoms with Crippen LogP contribution in [0.5, 0.6) is 5.75 Å². The molecule has 0 saturated carbocycles. The molecular formula is C9H9F2NO3. The molecule has 0 saturated heterocycles. The summed E-state index contributed by atoms with van der Waals surface area (Å²) in [5.41, 5.74) is 0.198. The van der Waals surface area contributed by atoms with Crippen molar-refractivity contribution in [1.82, 2.24) is 0 Å². The highest BCUT2D eigenvalue weighted by Gasteiger charge is 2.23. The van der Waals surface area contributed by atoms with Crippen LogP contribution in [0.4, 0.5) is 14.5 Å². The Morgan fingerprint density at radius 1 is 1.33 bits per heavy atom. The Bertz CT molecular complexity index is 393. The van der Waals surface area contributed by atoms with Crippen LogP contribution in [0.15, 0.2) is 12.1 Å². The normalized spacial score (nSPS) is 10.5. The monoisotopic (exact) mass is 217 g/mol. The predicted octanol–water partition coefficient (Wildman–Crippen LogP) is 2.81. The van der Waals surface area contributed by atoms with Crippen LogP contribution in [-0.2, 0) is 0 Å². The molecule has 0 aliphatic carbocycles. The standard InChI is InChI=1S/C9H9F2NO3/c1-5-3-4-6(2)8(15-9(10)11)7(5)12(13)14/h3-4,9H,1-2H3. The van der Waals surface area contributed by atoms with Gasteiger partial charge in [0, 0.05) is 5.56 Å². The maximum atomic E-state index is 12.0. The largest absolute Gasteiger partial charge is 0.427 e. The molecule has 1 aromatic carbocycles. The first kappa shape index (κ1) is 11.4. The van der Waals surface area contributed by atoms with Gasteiger partial charge in [0.1, 0.15) is 0 Å². The maximum absolute atomic E-state index is 12.0. The van der Waals surface area contributed by atoms with E-state index in [-0.39, 0.29) is 5.75 Å². The summed E-state index contributed by atoms with van der Waals surface area (Å²) in [4.78, 5) is 9.93. The fraction of sp³-hybridized carbons (Fsp3) is 0.333. The van der Waals surface area contributed by atoms with Crippen molar-refractivity contribution in [3.05, 3.63) is 33.4 Å². The number of hydrogen-bond donors (Lipinski definition) is 0. The number of rotatable bonds is 3. The van der Waals surface area contributed by atoms with Gasteiger partial charge in [-0.25, -0.2) is 0 Å². The lowest BCUT2D eigenvalue weighted by Gasteiger charge is -2.09. The Labute approximate surface area is 84.6 Å². The summed E-state index contributed by atoms with van der Waals surface area (Å²) < 4.78 is 28.2. The highest BCUT2D eigenvalue weighted by Crippen LogP contribution is 2.34. The van der Waals surface area contributed by atoms with Crippen LogP contribution >= 0.6 is 0 Å². The van der Waals surface area contributed by atoms with Gasteiger partial charge in [-0.05, 0) is 19.4 Å². The molecule has 15 heavy (non-hydrogen) atoms. The smallest absolute Gasteiger partial charge is 0.387 e. The molecular weight excluding hydrogens is 208 g/mol. The average Bonchev–Trinajstić information content (AvgIpc) is 2.10. The van der Waals surface area contributed by atoms with Gasteiger partial charge in [0.25, 0.3) is 0 Å². The fourth-order valence-corrected chi connectivity index (χ4v) is 1.24. The van der Waals surface area contributed by atoms with Gasteiger partial charge in [0.15, 0.2) is 0 Å². The van der Waals surface area contributed by atoms with Crippen molar-refractivity contribution in [1.29, 1.82) is 0 Å². The zero-order chi connectivity index (χ0) is 11.6. The van der Waals surface area contributed by atoms with Gasteiger partial charge in [0.05, 0.1) is 4.92 Å². The van der Waals surface area contributed by atoms with E-state index in [1.165, 1.54) is 26.0 Å². The number of halogens is 2. The van der Waals surface area contributed by atoms with Crippen molar-refractivity contribution < 1.29 is 18.4 Å². The van der Waals surface area contributed by atoms with E-state index in [1.54, 1.807) is 0 Å². The van der Waals surface area contributed by atoms with Gasteiger partial charge >= 0.3 is 12.3 Å². The summed E-state index contributed by atoms with van der Waals surface area (Å²) in [6, 6.07) is 2.99. The van der Waals surface area contributed by atoms with Crippen molar-refractivity contribution >= 4 is 5.69 Å². The van der Waals surface area contributed by atoms with E-state index < -0.39 is 17.2 Å². The quantitative estimate of drug-likeness (QED) is 0.577. The molecule has 1 aromatic rings. The number of hydrogen-bond acceptors (Lipinski definition) is 3. The van der Waals surface area contributed by atoms with Gasteiger partial charge in [-0.2, -0.15) is 8.78 Å². The summed E-state index contributed by atoms with van der Waals surface area (Å²) in [5, 5.41) is 10.7. The minimum absolute atomic E-state index is 0.293. The van der Waals surface area contributed by atoms with Crippen LogP contribution in [0.2, 0.25) is 0 Å². The zero-order valence-corrected chi connectivity index (χ0v) is 8.16. The minimum atomic E-state index is -3.07. The molecule has 0 unspecified atom stereocenters. The molecule has 6 heteroatoms. The summed E-state index contributed by atoms with van der Waals surface area (Å²) in [7, 11) is 0. The Balaban J connectivity index is 3.31. The number of alkyl halides is 2. The van der Waals surface area contributed by atoms with Crippen LogP contribution < -0.4 is 4.74 Å². The second-order valence-electron chi connectivity index (χ2n) is 3.01. The third kappa shape index (κ3) is 2.39. The molecule has 1 rings (SSSR count). The van der Waals surface area contributed by atoms with Crippen molar-refractivity contribution in [2.45, 2.75) is 20.5 Å². The van der Waals surface area contributed by atoms with Crippen LogP contribution in [0.25, 0.3) is 0 Å². The van der Waals surface area contributed by atoms with Gasteiger partial charge < -0.3 is 4.74 Å². The molecule has 0 fully saturated rings. The fourth-order valence-electron chi connectivity index (χ4n) is 1.24. The summed E-state index contributed by atoms with van der Waals surface area (Å²) in [6.07, 6.45) is 0. The maximum Gasteiger partial charge on any atom is 0.387 e. The Morgan fingerprint density at radius 3 is 2.33 bits per heavy atom. The van der Waals surface area contributed by atoms with Crippen LogP contribution in [0.1, 0.15) is 11.1 Å². The first-order chi connectivity index (χ1) is 6.93. The average molecular weight is 217 g/mol. The summed E-state index contributed by atoms with van der Waals surface area (Å²) in [6.45, 7) is -0.121. The number of benzene rings is 1. The summed E-state index contributed by atoms with van der Waals surface area (Å²) in [5.74, 6) is -0.366. The van der Waals surface area contributed by atoms with E-state index in [0.717, 1.165) is 0 Å². The third-order valence-corrected chi connectivity index (χ3v) is 1.92. The van der Waals surface area contributed by atoms with E-state index in [2.05, 4.69) is 4.74 Å². The molecule has 0 bridgehead atoms. The van der Waals surface area contributed by atoms with Gasteiger partial charge in [-0.3, -0.25) is 10.1 Å². The SMILES string of the molecule is Cc1ccc(C)c([N+](=O)[O-])c1OC(F)F. The van der Waals surface area contributed by atoms with E-state index in [1.807, 2.05) is 0 Å². The number of nitrogens with zero attached hydrogens (tertiary/aromatic N) is 1. The molecule has 0 atom stereocenters. The number of nitro groups is 1. The lowest BCUT2D eigenvalue weighted by Crippen LogP contribution is -2.07. The molecule has 0 aliphatic rings. The second kappa shape index (κ2) is 4.20. The number of nitro benzene ring substituents is 1. The lowest BCUT2D eigenvalue weighted by atomic mass is 10.1. The molecule has 82 valence electrons. The second-order valence-corrected chi connectivity index (χ2v) is 3.01. The van der Waals surface area contributed by atoms with Crippen LogP contribution in [0, 0.1) is 24.0 Å². The molecule has 0 aromatic heterocycles. The van der Waals surface area contributed by atoms with Crippen molar-refractivity contribution in [2.24, 2.45) is 0 Å². The lowest BCUT2D eigenvalue weighted by molar-refractivity contribution is -0.387. The summed E-state index contributed by atoms with van der Waals surface area (Å²) >= 11 is 0. The third-order valence-electron chi connectivity index (χ3n) is 1.92. The molecule has 0 heterocycles. The van der Waals surface area contributed by atoms with Gasteiger partial charge in [0.2, 0.25) is 5.75 Å². The number of aryl methyl sites for hydroxylation is 2. The van der Waals surface area contributed by atoms with Gasteiger partial charge in [-0.15, -0.1) is 0 Å². The molecule has 0 amide bonds. The van der Waals surface area contributed by atoms with Crippen LogP contribution in [-0.4, -0.2) is 11.5 Å². The van der Waals surface area contributed by atoms with Crippen molar-refractivity contribution in [3.63, 3.8) is 0 Å². The van der Waals surface area contributed by atoms with E-state index in [9.17, 15) is 18.9 Å². The minimum Gasteiger partial charge on any atom is -0.427 e. The Hall–Kier alpha value is -1.72. The number of ether oxygens (including phenoxy) is 1. The molecule has 0 radical (unpaired) electrons. The van der Waals surface area contributed by atoms with Gasteiger partial charge in [-0.1, -0.05) is 12.1 Å². The molecule has 0 aliphatic heterocycles. The molecule has 0 N–H and O–H groups in total. The molecule has 0 spiro atoms. The Morgan fingerprint density at radius 2 is 1.87 bits per heavy atom. The van der Waals surface area contributed by atoms with Crippen molar-refractivity contribution in [2.75, 3.05) is 0 Å². The van der Waals surface area contributed by atoms with E-state index in [4.69, 9.17) is 0 Å². The topological polar surface area (TPSA) is 52.4 Å². The first-order valence-electron chi connectivity index (χ1n) is 4.13. The van der Waals surface area contributed by atoms with E-state index >= 15 is 0 Å². The van der Waals surface area contributed by atoms with Crippen molar-refractivity contribution in [3.8, 4) is 5.75 Å². The molecule has 4 nitrogen and oxygen atoms in total. The predicted molar refractivity (Wildman–Crippen MR) is 49.2 cm³/mol. The highest BCUT2D eigenvalue weighted by atomic mass is 19.3. The highest BCUT2D eigenvalue weighted by molar-refractivity contribution is 5.56. The van der Waals surface area contributed by atoms with E-state index in [0.29, 0.717) is 11.1 Å². The Kier molecular flexibility index (Phi) is 3.18. The first-order valence-corrected chi connectivity index (χ1v) is 4.13.